The van der Waals surface area contributed by atoms with Gasteiger partial charge in [0.25, 0.3) is 0 Å². The van der Waals surface area contributed by atoms with Crippen molar-refractivity contribution in [3.05, 3.63) is 130 Å². The third kappa shape index (κ3) is 9.01. The molecule has 0 aliphatic heterocycles. The van der Waals surface area contributed by atoms with Gasteiger partial charge in [-0.2, -0.15) is 26.3 Å². The molecule has 9 heteroatoms. The zero-order valence-corrected chi connectivity index (χ0v) is 23.2. The van der Waals surface area contributed by atoms with Crippen LogP contribution in [-0.4, -0.2) is 12.6 Å². The van der Waals surface area contributed by atoms with Crippen LogP contribution in [0, 0.1) is 13.8 Å². The van der Waals surface area contributed by atoms with E-state index in [1.807, 2.05) is 86.6 Å². The number of anilines is 2. The van der Waals surface area contributed by atoms with Crippen molar-refractivity contribution in [2.45, 2.75) is 51.8 Å². The first-order valence-corrected chi connectivity index (χ1v) is 13.4. The van der Waals surface area contributed by atoms with Gasteiger partial charge in [0, 0.05) is 6.54 Å². The molecule has 42 heavy (non-hydrogen) atoms. The molecule has 4 aromatic carbocycles. The summed E-state index contributed by atoms with van der Waals surface area (Å²) in [6, 6.07) is 24.9. The van der Waals surface area contributed by atoms with Crippen LogP contribution in [0.15, 0.2) is 91.0 Å². The van der Waals surface area contributed by atoms with Gasteiger partial charge in [0.15, 0.2) is 0 Å². The minimum atomic E-state index is -4.92. The lowest BCUT2D eigenvalue weighted by atomic mass is 10.0. The predicted molar refractivity (Wildman–Crippen MR) is 153 cm³/mol. The molecule has 1 atom stereocenters. The molecule has 4 aromatic rings. The Kier molecular flexibility index (Phi) is 9.83. The van der Waals surface area contributed by atoms with E-state index in [-0.39, 0.29) is 24.3 Å². The molecular weight excluding hydrogens is 554 g/mol. The van der Waals surface area contributed by atoms with Gasteiger partial charge in [-0.05, 0) is 67.3 Å². The normalized spacial score (nSPS) is 12.7. The second-order valence-corrected chi connectivity index (χ2v) is 10.3. The monoisotopic (exact) mass is 586 g/mol. The summed E-state index contributed by atoms with van der Waals surface area (Å²) in [4.78, 5) is 0. The molecule has 3 nitrogen and oxygen atoms in total. The van der Waals surface area contributed by atoms with Crippen molar-refractivity contribution >= 4 is 11.4 Å². The number of halogens is 6. The van der Waals surface area contributed by atoms with E-state index in [9.17, 15) is 26.3 Å². The highest BCUT2D eigenvalue weighted by atomic mass is 19.4. The zero-order chi connectivity index (χ0) is 30.3. The number of benzene rings is 4. The maximum atomic E-state index is 13.3. The number of aryl methyl sites for hydroxylation is 2. The molecular formula is C33H32F6N2O. The van der Waals surface area contributed by atoms with Crippen LogP contribution < -0.4 is 10.6 Å². The molecule has 0 amide bonds. The third-order valence-electron chi connectivity index (χ3n) is 6.73. The van der Waals surface area contributed by atoms with Crippen LogP contribution in [0.1, 0.15) is 38.9 Å². The maximum absolute atomic E-state index is 13.3. The Hall–Kier alpha value is -3.98. The first kappa shape index (κ1) is 31.0. The fraction of sp³-hybridized carbons (Fsp3) is 0.273. The molecule has 0 radical (unpaired) electrons. The minimum Gasteiger partial charge on any atom is -0.379 e. The van der Waals surface area contributed by atoms with Crippen LogP contribution in [0.3, 0.4) is 0 Å². The van der Waals surface area contributed by atoms with Crippen molar-refractivity contribution in [1.29, 1.82) is 0 Å². The Labute approximate surface area is 241 Å². The molecule has 0 aliphatic rings. The topological polar surface area (TPSA) is 33.3 Å². The molecule has 0 heterocycles. The van der Waals surface area contributed by atoms with Gasteiger partial charge in [-0.15, -0.1) is 0 Å². The second kappa shape index (κ2) is 13.3. The number of para-hydroxylation sites is 2. The molecule has 222 valence electrons. The largest absolute Gasteiger partial charge is 0.416 e. The second-order valence-electron chi connectivity index (χ2n) is 10.3. The molecule has 2 N–H and O–H groups in total. The Bertz CT molecular complexity index is 1420. The summed E-state index contributed by atoms with van der Waals surface area (Å²) >= 11 is 0. The van der Waals surface area contributed by atoms with Gasteiger partial charge in [-0.3, -0.25) is 0 Å². The highest BCUT2D eigenvalue weighted by molar-refractivity contribution is 5.69. The number of alkyl halides is 6. The van der Waals surface area contributed by atoms with Crippen LogP contribution in [-0.2, 0) is 36.7 Å². The molecule has 0 spiro atoms. The first-order valence-electron chi connectivity index (χ1n) is 13.4. The van der Waals surface area contributed by atoms with E-state index in [2.05, 4.69) is 10.6 Å². The van der Waals surface area contributed by atoms with Crippen LogP contribution in [0.4, 0.5) is 37.7 Å². The van der Waals surface area contributed by atoms with Gasteiger partial charge >= 0.3 is 12.4 Å². The lowest BCUT2D eigenvalue weighted by Gasteiger charge is -2.23. The molecule has 0 saturated heterocycles. The highest BCUT2D eigenvalue weighted by Gasteiger charge is 2.36. The van der Waals surface area contributed by atoms with Crippen molar-refractivity contribution in [1.82, 2.24) is 0 Å². The lowest BCUT2D eigenvalue weighted by molar-refractivity contribution is -0.143. The molecule has 1 unspecified atom stereocenters. The Morgan fingerprint density at radius 2 is 1.17 bits per heavy atom. The smallest absolute Gasteiger partial charge is 0.379 e. The summed E-state index contributed by atoms with van der Waals surface area (Å²) in [5.74, 6) is 0. The van der Waals surface area contributed by atoms with Crippen molar-refractivity contribution < 1.29 is 31.1 Å². The SMILES string of the molecule is Cc1ccc(CNc2ccccc2NC(COCc2cc(C(F)(F)F)cc(C(F)(F)F)c2)Cc2ccc(C)cc2)cc1. The van der Waals surface area contributed by atoms with E-state index in [0.717, 1.165) is 28.1 Å². The highest BCUT2D eigenvalue weighted by Crippen LogP contribution is 2.36. The third-order valence-corrected chi connectivity index (χ3v) is 6.73. The Morgan fingerprint density at radius 1 is 0.643 bits per heavy atom. The molecule has 0 aliphatic carbocycles. The first-order chi connectivity index (χ1) is 19.9. The van der Waals surface area contributed by atoms with E-state index in [1.54, 1.807) is 0 Å². The minimum absolute atomic E-state index is 0.0395. The Morgan fingerprint density at radius 3 is 1.71 bits per heavy atom. The fourth-order valence-corrected chi connectivity index (χ4v) is 4.47. The van der Waals surface area contributed by atoms with Gasteiger partial charge < -0.3 is 15.4 Å². The number of rotatable bonds is 11. The Balaban J connectivity index is 1.51. The quantitative estimate of drug-likeness (QED) is 0.172. The van der Waals surface area contributed by atoms with E-state index in [0.29, 0.717) is 25.1 Å². The standard InChI is InChI=1S/C33H32F6N2O/c1-22-7-11-24(12-8-22)17-29(21-42-20-26-15-27(32(34,35)36)18-28(16-26)33(37,38)39)41-31-6-4-3-5-30(31)40-19-25-13-9-23(2)10-14-25/h3-16,18,29,40-41H,17,19-21H2,1-2H3. The molecule has 0 aromatic heterocycles. The van der Waals surface area contributed by atoms with Crippen LogP contribution in [0.5, 0.6) is 0 Å². The van der Waals surface area contributed by atoms with Crippen LogP contribution in [0.25, 0.3) is 0 Å². The summed E-state index contributed by atoms with van der Waals surface area (Å²) in [5, 5.41) is 6.90. The van der Waals surface area contributed by atoms with Crippen molar-refractivity contribution in [3.8, 4) is 0 Å². The summed E-state index contributed by atoms with van der Waals surface area (Å²) in [5.41, 5.74) is 3.08. The van der Waals surface area contributed by atoms with Crippen molar-refractivity contribution in [2.24, 2.45) is 0 Å². The lowest BCUT2D eigenvalue weighted by Crippen LogP contribution is -2.28. The van der Waals surface area contributed by atoms with E-state index in [1.165, 1.54) is 5.56 Å². The molecule has 4 rings (SSSR count). The van der Waals surface area contributed by atoms with Gasteiger partial charge in [-0.1, -0.05) is 71.8 Å². The van der Waals surface area contributed by atoms with Gasteiger partial charge in [0.2, 0.25) is 0 Å². The molecule has 0 fully saturated rings. The molecule has 0 saturated carbocycles. The predicted octanol–water partition coefficient (Wildman–Crippen LogP) is 9.19. The number of nitrogens with one attached hydrogen (secondary N) is 2. The summed E-state index contributed by atoms with van der Waals surface area (Å²) < 4.78 is 85.6. The summed E-state index contributed by atoms with van der Waals surface area (Å²) in [6.07, 6.45) is -9.31. The molecule has 0 bridgehead atoms. The van der Waals surface area contributed by atoms with Crippen molar-refractivity contribution in [2.75, 3.05) is 17.2 Å². The number of hydrogen-bond donors (Lipinski definition) is 2. The van der Waals surface area contributed by atoms with E-state index >= 15 is 0 Å². The van der Waals surface area contributed by atoms with E-state index in [4.69, 9.17) is 4.74 Å². The average Bonchev–Trinajstić information content (AvgIpc) is 2.93. The fourth-order valence-electron chi connectivity index (χ4n) is 4.47. The maximum Gasteiger partial charge on any atom is 0.416 e. The van der Waals surface area contributed by atoms with Gasteiger partial charge in [0.05, 0.1) is 41.8 Å². The number of ether oxygens (including phenoxy) is 1. The van der Waals surface area contributed by atoms with Gasteiger partial charge in [-0.25, -0.2) is 0 Å². The summed E-state index contributed by atoms with van der Waals surface area (Å²) in [6.45, 7) is 4.22. The van der Waals surface area contributed by atoms with Crippen molar-refractivity contribution in [3.63, 3.8) is 0 Å². The van der Waals surface area contributed by atoms with Crippen LogP contribution >= 0.6 is 0 Å². The average molecular weight is 587 g/mol. The zero-order valence-electron chi connectivity index (χ0n) is 23.2. The number of hydrogen-bond acceptors (Lipinski definition) is 3. The van der Waals surface area contributed by atoms with Crippen LogP contribution in [0.2, 0.25) is 0 Å². The summed E-state index contributed by atoms with van der Waals surface area (Å²) in [7, 11) is 0. The van der Waals surface area contributed by atoms with E-state index < -0.39 is 30.1 Å². The van der Waals surface area contributed by atoms with Gasteiger partial charge in [0.1, 0.15) is 0 Å².